The van der Waals surface area contributed by atoms with E-state index in [-0.39, 0.29) is 22.9 Å². The first kappa shape index (κ1) is 24.2. The largest absolute Gasteiger partial charge is 0.446 e. The molecule has 0 saturated heterocycles. The number of nitrogens with one attached hydrogen (secondary N) is 1. The second-order valence-corrected chi connectivity index (χ2v) is 10.8. The lowest BCUT2D eigenvalue weighted by molar-refractivity contribution is -0.117. The molecule has 2 aromatic carbocycles. The maximum atomic E-state index is 13.2. The van der Waals surface area contributed by atoms with Gasteiger partial charge >= 0.3 is 6.09 Å². The van der Waals surface area contributed by atoms with E-state index in [1.807, 2.05) is 31.2 Å². The normalized spacial score (nSPS) is 19.0. The lowest BCUT2D eigenvalue weighted by atomic mass is 9.98. The monoisotopic (exact) mass is 485 g/mol. The van der Waals surface area contributed by atoms with Crippen LogP contribution in [-0.4, -0.2) is 46.2 Å². The van der Waals surface area contributed by atoms with Crippen molar-refractivity contribution in [1.82, 2.24) is 4.72 Å². The van der Waals surface area contributed by atoms with Crippen molar-refractivity contribution >= 4 is 33.4 Å². The second kappa shape index (κ2) is 9.76. The van der Waals surface area contributed by atoms with Crippen LogP contribution in [0.5, 0.6) is 0 Å². The number of fused-ring (bicyclic) bond motifs is 1. The van der Waals surface area contributed by atoms with Crippen LogP contribution < -0.4 is 14.5 Å². The van der Waals surface area contributed by atoms with E-state index in [0.717, 1.165) is 37.7 Å². The molecule has 1 aliphatic carbocycles. The summed E-state index contributed by atoms with van der Waals surface area (Å²) in [6, 6.07) is 11.9. The third-order valence-corrected chi connectivity index (χ3v) is 7.95. The van der Waals surface area contributed by atoms with Gasteiger partial charge in [0, 0.05) is 13.5 Å². The van der Waals surface area contributed by atoms with Gasteiger partial charge in [0.25, 0.3) is 0 Å². The van der Waals surface area contributed by atoms with Crippen molar-refractivity contribution in [2.24, 2.45) is 0 Å². The summed E-state index contributed by atoms with van der Waals surface area (Å²) in [6.45, 7) is 3.73. The highest BCUT2D eigenvalue weighted by Crippen LogP contribution is 2.39. The van der Waals surface area contributed by atoms with Crippen LogP contribution in [0.2, 0.25) is 0 Å². The number of hydrogen-bond acceptors (Lipinski definition) is 5. The van der Waals surface area contributed by atoms with Gasteiger partial charge < -0.3 is 9.64 Å². The summed E-state index contributed by atoms with van der Waals surface area (Å²) in [4.78, 5) is 29.1. The minimum absolute atomic E-state index is 0.0857. The van der Waals surface area contributed by atoms with Crippen LogP contribution in [0.3, 0.4) is 0 Å². The van der Waals surface area contributed by atoms with Crippen molar-refractivity contribution in [2.75, 3.05) is 23.4 Å². The highest BCUT2D eigenvalue weighted by Gasteiger charge is 2.35. The number of anilines is 2. The smallest absolute Gasteiger partial charge is 0.414 e. The topological polar surface area (TPSA) is 96.0 Å². The van der Waals surface area contributed by atoms with Crippen molar-refractivity contribution in [3.8, 4) is 11.1 Å². The van der Waals surface area contributed by atoms with Gasteiger partial charge in [-0.3, -0.25) is 9.69 Å². The predicted molar refractivity (Wildman–Crippen MR) is 131 cm³/mol. The third kappa shape index (κ3) is 4.81. The molecule has 0 unspecified atom stereocenters. The summed E-state index contributed by atoms with van der Waals surface area (Å²) in [5, 5.41) is 0. The Labute approximate surface area is 200 Å². The van der Waals surface area contributed by atoms with E-state index in [0.29, 0.717) is 23.5 Å². The molecule has 1 fully saturated rings. The molecule has 9 heteroatoms. The van der Waals surface area contributed by atoms with Crippen molar-refractivity contribution in [3.05, 3.63) is 42.5 Å². The molecule has 2 aliphatic rings. The van der Waals surface area contributed by atoms with Crippen LogP contribution in [0.15, 0.2) is 47.4 Å². The van der Waals surface area contributed by atoms with Gasteiger partial charge in [0.1, 0.15) is 6.10 Å². The van der Waals surface area contributed by atoms with Crippen LogP contribution in [-0.2, 0) is 19.6 Å². The molecule has 8 nitrogen and oxygen atoms in total. The Kier molecular flexibility index (Phi) is 6.95. The van der Waals surface area contributed by atoms with Gasteiger partial charge in [-0.2, -0.15) is 0 Å². The first-order valence-corrected chi connectivity index (χ1v) is 13.2. The zero-order valence-corrected chi connectivity index (χ0v) is 20.6. The highest BCUT2D eigenvalue weighted by atomic mass is 32.2. The fraction of sp³-hybridized carbons (Fsp3) is 0.440. The fourth-order valence-corrected chi connectivity index (χ4v) is 5.58. The summed E-state index contributed by atoms with van der Waals surface area (Å²) in [6.07, 6.45) is 4.52. The number of sulfonamides is 1. The summed E-state index contributed by atoms with van der Waals surface area (Å²) < 4.78 is 32.7. The van der Waals surface area contributed by atoms with Crippen LogP contribution in [0, 0.1) is 0 Å². The predicted octanol–water partition coefficient (Wildman–Crippen LogP) is 4.29. The molecule has 1 aliphatic heterocycles. The molecular formula is C25H31N3O5S. The number of rotatable bonds is 4. The first-order valence-electron chi connectivity index (χ1n) is 11.7. The van der Waals surface area contributed by atoms with Gasteiger partial charge in [0.05, 0.1) is 22.3 Å². The van der Waals surface area contributed by atoms with Crippen LogP contribution in [0.4, 0.5) is 16.2 Å². The average Bonchev–Trinajstić information content (AvgIpc) is 2.83. The number of ether oxygens (including phenoxy) is 1. The Morgan fingerprint density at radius 3 is 2.38 bits per heavy atom. The quantitative estimate of drug-likeness (QED) is 0.697. The molecule has 2 aromatic rings. The number of nitrogens with zero attached hydrogens (tertiary/aromatic N) is 2. The Morgan fingerprint density at radius 2 is 1.71 bits per heavy atom. The van der Waals surface area contributed by atoms with E-state index >= 15 is 0 Å². The lowest BCUT2D eigenvalue weighted by Gasteiger charge is -2.41. The molecule has 182 valence electrons. The zero-order valence-electron chi connectivity index (χ0n) is 19.8. The molecule has 1 heterocycles. The maximum absolute atomic E-state index is 13.2. The summed E-state index contributed by atoms with van der Waals surface area (Å²) in [5.74, 6) is -0.107. The lowest BCUT2D eigenvalue weighted by Crippen LogP contribution is -2.52. The molecule has 2 amide bonds. The van der Waals surface area contributed by atoms with E-state index in [9.17, 15) is 18.0 Å². The first-order chi connectivity index (χ1) is 16.2. The molecule has 34 heavy (non-hydrogen) atoms. The van der Waals surface area contributed by atoms with Crippen LogP contribution in [0.25, 0.3) is 11.1 Å². The van der Waals surface area contributed by atoms with Gasteiger partial charge in [0.2, 0.25) is 15.9 Å². The van der Waals surface area contributed by atoms with E-state index in [2.05, 4.69) is 4.72 Å². The van der Waals surface area contributed by atoms with Crippen molar-refractivity contribution in [3.63, 3.8) is 0 Å². The van der Waals surface area contributed by atoms with Crippen molar-refractivity contribution in [1.29, 1.82) is 0 Å². The Bertz CT molecular complexity index is 1190. The zero-order chi connectivity index (χ0) is 24.5. The van der Waals surface area contributed by atoms with Gasteiger partial charge in [-0.25, -0.2) is 17.9 Å². The van der Waals surface area contributed by atoms with E-state index in [1.54, 1.807) is 21.9 Å². The van der Waals surface area contributed by atoms with Crippen LogP contribution >= 0.6 is 0 Å². The van der Waals surface area contributed by atoms with Crippen LogP contribution in [0.1, 0.15) is 46.0 Å². The molecule has 1 saturated carbocycles. The molecule has 0 spiro atoms. The van der Waals surface area contributed by atoms with Gasteiger partial charge in [0.15, 0.2) is 0 Å². The summed E-state index contributed by atoms with van der Waals surface area (Å²) in [7, 11) is -2.23. The molecule has 0 aromatic heterocycles. The molecule has 1 N–H and O–H groups in total. The number of amides is 2. The van der Waals surface area contributed by atoms with Gasteiger partial charge in [-0.05, 0) is 75.0 Å². The van der Waals surface area contributed by atoms with Gasteiger partial charge in [-0.15, -0.1) is 0 Å². The summed E-state index contributed by atoms with van der Waals surface area (Å²) >= 11 is 0. The number of carbonyl (C=O) groups excluding carboxylic acids is 2. The Morgan fingerprint density at radius 1 is 1.00 bits per heavy atom. The number of carbonyl (C=O) groups is 2. The third-order valence-electron chi connectivity index (χ3n) is 6.54. The standard InChI is InChI=1S/C25H31N3O5S/c1-17-16-27(25(30)33-21-9-5-4-6-10-21)24-15-20(12-13-23(24)28(17)18(2)29)19-8-7-11-22(14-19)34(31,32)26-3/h7-8,11-15,17,21,26H,4-6,9-10,16H2,1-3H3/t17-/m0/s1. The second-order valence-electron chi connectivity index (χ2n) is 8.93. The van der Waals surface area contributed by atoms with E-state index < -0.39 is 16.1 Å². The molecule has 0 radical (unpaired) electrons. The van der Waals surface area contributed by atoms with Gasteiger partial charge in [-0.1, -0.05) is 24.6 Å². The highest BCUT2D eigenvalue weighted by molar-refractivity contribution is 7.89. The van der Waals surface area contributed by atoms with Crippen molar-refractivity contribution in [2.45, 2.75) is 63.0 Å². The average molecular weight is 486 g/mol. The summed E-state index contributed by atoms with van der Waals surface area (Å²) in [5.41, 5.74) is 2.64. The maximum Gasteiger partial charge on any atom is 0.414 e. The molecular weight excluding hydrogens is 454 g/mol. The fourth-order valence-electron chi connectivity index (χ4n) is 4.81. The van der Waals surface area contributed by atoms with E-state index in [1.165, 1.54) is 20.0 Å². The molecule has 1 atom stereocenters. The minimum Gasteiger partial charge on any atom is -0.446 e. The SMILES string of the molecule is CNS(=O)(=O)c1cccc(-c2ccc3c(c2)N(C(=O)OC2CCCCC2)C[C@H](C)N3C(C)=O)c1. The number of hydrogen-bond donors (Lipinski definition) is 1. The Hall–Kier alpha value is -2.91. The minimum atomic E-state index is -3.60. The Balaban J connectivity index is 1.74. The van der Waals surface area contributed by atoms with E-state index in [4.69, 9.17) is 4.74 Å². The number of benzene rings is 2. The van der Waals surface area contributed by atoms with Crippen molar-refractivity contribution < 1.29 is 22.7 Å². The molecule has 4 rings (SSSR count). The molecule has 0 bridgehead atoms.